The Balaban J connectivity index is 3.22. The molecule has 0 aromatic heterocycles. The highest BCUT2D eigenvalue weighted by Crippen LogP contribution is 2.35. The van der Waals surface area contributed by atoms with Gasteiger partial charge < -0.3 is 19.9 Å². The predicted octanol–water partition coefficient (Wildman–Crippen LogP) is 2.02. The van der Waals surface area contributed by atoms with E-state index in [1.807, 2.05) is 13.8 Å². The van der Waals surface area contributed by atoms with Gasteiger partial charge in [0.1, 0.15) is 5.75 Å². The largest absolute Gasteiger partial charge is 0.496 e. The molecule has 0 unspecified atom stereocenters. The molecular weight excluding hydrogens is 246 g/mol. The summed E-state index contributed by atoms with van der Waals surface area (Å²) in [7, 11) is 3.05. The van der Waals surface area contributed by atoms with Crippen molar-refractivity contribution in [2.24, 2.45) is 5.73 Å². The number of methoxy groups -OCH3 is 2. The lowest BCUT2D eigenvalue weighted by Gasteiger charge is -2.16. The van der Waals surface area contributed by atoms with Crippen LogP contribution >= 0.6 is 0 Å². The van der Waals surface area contributed by atoms with Crippen molar-refractivity contribution in [2.75, 3.05) is 20.8 Å². The highest BCUT2D eigenvalue weighted by atomic mass is 16.5. The van der Waals surface area contributed by atoms with Crippen LogP contribution in [-0.2, 0) is 0 Å². The van der Waals surface area contributed by atoms with Gasteiger partial charge in [-0.05, 0) is 26.5 Å². The third kappa shape index (κ3) is 3.86. The van der Waals surface area contributed by atoms with E-state index in [4.69, 9.17) is 19.9 Å². The van der Waals surface area contributed by atoms with Gasteiger partial charge in [-0.3, -0.25) is 4.79 Å². The third-order valence-corrected chi connectivity index (χ3v) is 2.52. The summed E-state index contributed by atoms with van der Waals surface area (Å²) >= 11 is 0. The van der Waals surface area contributed by atoms with Crippen molar-refractivity contribution in [3.63, 3.8) is 0 Å². The normalized spacial score (nSPS) is 10.4. The van der Waals surface area contributed by atoms with Gasteiger partial charge in [0.15, 0.2) is 17.3 Å². The van der Waals surface area contributed by atoms with Crippen LogP contribution < -0.4 is 19.9 Å². The Morgan fingerprint density at radius 3 is 2.26 bits per heavy atom. The second kappa shape index (κ2) is 6.99. The molecule has 0 heterocycles. The molecule has 0 amide bonds. The average molecular weight is 267 g/mol. The minimum Gasteiger partial charge on any atom is -0.496 e. The molecule has 0 spiro atoms. The lowest BCUT2D eigenvalue weighted by atomic mass is 10.1. The maximum Gasteiger partial charge on any atom is 0.167 e. The number of ether oxygens (including phenoxy) is 3. The van der Waals surface area contributed by atoms with Crippen LogP contribution in [0.1, 0.15) is 30.6 Å². The topological polar surface area (TPSA) is 70.8 Å². The summed E-state index contributed by atoms with van der Waals surface area (Å²) in [5.41, 5.74) is 5.87. The fourth-order valence-corrected chi connectivity index (χ4v) is 1.70. The first-order chi connectivity index (χ1) is 9.03. The zero-order chi connectivity index (χ0) is 14.4. The Hall–Kier alpha value is -1.75. The molecule has 0 fully saturated rings. The Morgan fingerprint density at radius 1 is 1.16 bits per heavy atom. The van der Waals surface area contributed by atoms with E-state index in [1.165, 1.54) is 14.2 Å². The van der Waals surface area contributed by atoms with Crippen molar-refractivity contribution in [3.05, 3.63) is 17.7 Å². The van der Waals surface area contributed by atoms with Gasteiger partial charge in [0, 0.05) is 12.5 Å². The molecule has 1 aromatic rings. The maximum atomic E-state index is 12.0. The molecule has 0 aliphatic carbocycles. The summed E-state index contributed by atoms with van der Waals surface area (Å²) in [6.07, 6.45) is 0.272. The molecule has 1 rings (SSSR count). The highest BCUT2D eigenvalue weighted by molar-refractivity contribution is 5.99. The molecule has 19 heavy (non-hydrogen) atoms. The number of carbonyl (C=O) groups excluding carboxylic acids is 1. The van der Waals surface area contributed by atoms with Gasteiger partial charge in [0.05, 0.1) is 25.9 Å². The number of hydrogen-bond donors (Lipinski definition) is 1. The van der Waals surface area contributed by atoms with Gasteiger partial charge in [0.2, 0.25) is 0 Å². The Bertz CT molecular complexity index is 443. The van der Waals surface area contributed by atoms with Crippen molar-refractivity contribution in [3.8, 4) is 17.2 Å². The molecule has 1 aromatic carbocycles. The average Bonchev–Trinajstić information content (AvgIpc) is 2.37. The van der Waals surface area contributed by atoms with E-state index in [9.17, 15) is 4.79 Å². The van der Waals surface area contributed by atoms with E-state index in [0.29, 0.717) is 29.4 Å². The Kier molecular flexibility index (Phi) is 5.63. The Labute approximate surface area is 113 Å². The van der Waals surface area contributed by atoms with Gasteiger partial charge in [-0.2, -0.15) is 0 Å². The SMILES string of the molecule is COc1cc(C(=O)CCN)c(OC)cc1OC(C)C. The smallest absolute Gasteiger partial charge is 0.167 e. The summed E-state index contributed by atoms with van der Waals surface area (Å²) in [6, 6.07) is 3.30. The van der Waals surface area contributed by atoms with Crippen LogP contribution in [0.5, 0.6) is 17.2 Å². The van der Waals surface area contributed by atoms with E-state index < -0.39 is 0 Å². The quantitative estimate of drug-likeness (QED) is 0.765. The summed E-state index contributed by atoms with van der Waals surface area (Å²) in [4.78, 5) is 12.0. The van der Waals surface area contributed by atoms with Crippen LogP contribution in [0.25, 0.3) is 0 Å². The monoisotopic (exact) mass is 267 g/mol. The van der Waals surface area contributed by atoms with Gasteiger partial charge in [-0.25, -0.2) is 0 Å². The summed E-state index contributed by atoms with van der Waals surface area (Å²) in [5.74, 6) is 1.46. The second-order valence-corrected chi connectivity index (χ2v) is 4.33. The number of nitrogens with two attached hydrogens (primary N) is 1. The molecule has 0 aliphatic heterocycles. The zero-order valence-electron chi connectivity index (χ0n) is 11.9. The minimum atomic E-state index is -0.0752. The number of Topliss-reactive ketones (excluding diaryl/α,β-unsaturated/α-hetero) is 1. The number of benzene rings is 1. The first-order valence-electron chi connectivity index (χ1n) is 6.19. The number of ketones is 1. The van der Waals surface area contributed by atoms with Crippen molar-refractivity contribution < 1.29 is 19.0 Å². The number of carbonyl (C=O) groups is 1. The van der Waals surface area contributed by atoms with Gasteiger partial charge >= 0.3 is 0 Å². The van der Waals surface area contributed by atoms with Crippen molar-refractivity contribution >= 4 is 5.78 Å². The van der Waals surface area contributed by atoms with Crippen molar-refractivity contribution in [1.82, 2.24) is 0 Å². The number of rotatable bonds is 7. The Morgan fingerprint density at radius 2 is 1.79 bits per heavy atom. The summed E-state index contributed by atoms with van der Waals surface area (Å²) in [5, 5.41) is 0. The lowest BCUT2D eigenvalue weighted by Crippen LogP contribution is -2.11. The van der Waals surface area contributed by atoms with Crippen molar-refractivity contribution in [1.29, 1.82) is 0 Å². The van der Waals surface area contributed by atoms with Crippen LogP contribution in [0.2, 0.25) is 0 Å². The molecule has 106 valence electrons. The summed E-state index contributed by atoms with van der Waals surface area (Å²) in [6.45, 7) is 4.13. The molecule has 0 saturated heterocycles. The van der Waals surface area contributed by atoms with E-state index in [2.05, 4.69) is 0 Å². The molecule has 0 atom stereocenters. The predicted molar refractivity (Wildman–Crippen MR) is 73.3 cm³/mol. The molecule has 0 aliphatic rings. The second-order valence-electron chi connectivity index (χ2n) is 4.33. The first-order valence-corrected chi connectivity index (χ1v) is 6.19. The van der Waals surface area contributed by atoms with Crippen LogP contribution in [0.15, 0.2) is 12.1 Å². The molecule has 2 N–H and O–H groups in total. The van der Waals surface area contributed by atoms with Crippen LogP contribution in [0, 0.1) is 0 Å². The molecule has 0 saturated carbocycles. The summed E-state index contributed by atoms with van der Waals surface area (Å²) < 4.78 is 16.1. The highest BCUT2D eigenvalue weighted by Gasteiger charge is 2.17. The fraction of sp³-hybridized carbons (Fsp3) is 0.500. The van der Waals surface area contributed by atoms with Crippen molar-refractivity contribution in [2.45, 2.75) is 26.4 Å². The molecule has 0 radical (unpaired) electrons. The van der Waals surface area contributed by atoms with Gasteiger partial charge in [0.25, 0.3) is 0 Å². The van der Waals surface area contributed by atoms with Crippen LogP contribution in [0.4, 0.5) is 0 Å². The molecule has 5 nitrogen and oxygen atoms in total. The van der Waals surface area contributed by atoms with E-state index >= 15 is 0 Å². The van der Waals surface area contributed by atoms with Gasteiger partial charge in [-0.15, -0.1) is 0 Å². The lowest BCUT2D eigenvalue weighted by molar-refractivity contribution is 0.0982. The van der Waals surface area contributed by atoms with Gasteiger partial charge in [-0.1, -0.05) is 0 Å². The van der Waals surface area contributed by atoms with Crippen LogP contribution in [-0.4, -0.2) is 32.7 Å². The first kappa shape index (κ1) is 15.3. The molecular formula is C14H21NO4. The molecule has 5 heteroatoms. The van der Waals surface area contributed by atoms with E-state index in [0.717, 1.165) is 0 Å². The van der Waals surface area contributed by atoms with E-state index in [-0.39, 0.29) is 18.3 Å². The zero-order valence-corrected chi connectivity index (χ0v) is 11.9. The third-order valence-electron chi connectivity index (χ3n) is 2.52. The number of hydrogen-bond acceptors (Lipinski definition) is 5. The standard InChI is InChI=1S/C14H21NO4/c1-9(2)19-14-8-12(17-3)10(7-13(14)18-4)11(16)5-6-15/h7-9H,5-6,15H2,1-4H3. The molecule has 0 bridgehead atoms. The van der Waals surface area contributed by atoms with E-state index in [1.54, 1.807) is 12.1 Å². The maximum absolute atomic E-state index is 12.0. The fourth-order valence-electron chi connectivity index (χ4n) is 1.70. The minimum absolute atomic E-state index is 0.00389. The van der Waals surface area contributed by atoms with Crippen LogP contribution in [0.3, 0.4) is 0 Å².